The summed E-state index contributed by atoms with van der Waals surface area (Å²) in [6, 6.07) is 3.92. The molecule has 1 aliphatic rings. The SMILES string of the molecule is NCCCCCc1nc2cc3c(cc2[nH]1)OCCO3. The van der Waals surface area contributed by atoms with Crippen molar-refractivity contribution < 1.29 is 9.47 Å². The summed E-state index contributed by atoms with van der Waals surface area (Å²) < 4.78 is 11.1. The second-order valence-corrected chi connectivity index (χ2v) is 4.80. The molecule has 1 aromatic carbocycles. The van der Waals surface area contributed by atoms with Crippen LogP contribution in [0.25, 0.3) is 11.0 Å². The van der Waals surface area contributed by atoms with Gasteiger partial charge in [0.2, 0.25) is 0 Å². The quantitative estimate of drug-likeness (QED) is 0.807. The predicted octanol–water partition coefficient (Wildman–Crippen LogP) is 2.01. The molecule has 0 atom stereocenters. The average Bonchev–Trinajstić information content (AvgIpc) is 2.82. The van der Waals surface area contributed by atoms with Crippen molar-refractivity contribution in [3.05, 3.63) is 18.0 Å². The molecule has 0 fully saturated rings. The van der Waals surface area contributed by atoms with Gasteiger partial charge in [-0.2, -0.15) is 0 Å². The molecule has 0 aliphatic carbocycles. The highest BCUT2D eigenvalue weighted by Crippen LogP contribution is 2.33. The summed E-state index contributed by atoms with van der Waals surface area (Å²) in [5, 5.41) is 0. The standard InChI is InChI=1S/C14H19N3O2/c15-5-3-1-2-4-14-16-10-8-12-13(9-11(10)17-14)19-7-6-18-12/h8-9H,1-7,15H2,(H,16,17). The Bertz CT molecular complexity index is 522. The molecule has 0 saturated heterocycles. The van der Waals surface area contributed by atoms with Gasteiger partial charge >= 0.3 is 0 Å². The molecule has 2 aromatic rings. The third-order valence-electron chi connectivity index (χ3n) is 3.31. The minimum Gasteiger partial charge on any atom is -0.486 e. The molecule has 3 N–H and O–H groups in total. The molecule has 0 bridgehead atoms. The van der Waals surface area contributed by atoms with Gasteiger partial charge < -0.3 is 20.2 Å². The second-order valence-electron chi connectivity index (χ2n) is 4.80. The normalized spacial score (nSPS) is 13.9. The zero-order valence-corrected chi connectivity index (χ0v) is 10.9. The average molecular weight is 261 g/mol. The number of nitrogens with zero attached hydrogens (tertiary/aromatic N) is 1. The Kier molecular flexibility index (Phi) is 3.55. The van der Waals surface area contributed by atoms with Gasteiger partial charge in [0.25, 0.3) is 0 Å². The van der Waals surface area contributed by atoms with Crippen molar-refractivity contribution in [2.24, 2.45) is 5.73 Å². The van der Waals surface area contributed by atoms with E-state index in [2.05, 4.69) is 9.97 Å². The molecular weight excluding hydrogens is 242 g/mol. The van der Waals surface area contributed by atoms with Gasteiger partial charge in [-0.3, -0.25) is 0 Å². The summed E-state index contributed by atoms with van der Waals surface area (Å²) in [5.41, 5.74) is 7.44. The summed E-state index contributed by atoms with van der Waals surface area (Å²) >= 11 is 0. The molecule has 19 heavy (non-hydrogen) atoms. The van der Waals surface area contributed by atoms with E-state index in [9.17, 15) is 0 Å². The number of nitrogens with one attached hydrogen (secondary N) is 1. The molecule has 2 heterocycles. The first-order chi connectivity index (χ1) is 9.36. The maximum Gasteiger partial charge on any atom is 0.163 e. The van der Waals surface area contributed by atoms with Gasteiger partial charge in [0, 0.05) is 18.6 Å². The number of aryl methyl sites for hydroxylation is 1. The van der Waals surface area contributed by atoms with Crippen molar-refractivity contribution in [2.75, 3.05) is 19.8 Å². The van der Waals surface area contributed by atoms with Gasteiger partial charge in [0.15, 0.2) is 11.5 Å². The summed E-state index contributed by atoms with van der Waals surface area (Å²) in [5.74, 6) is 2.62. The van der Waals surface area contributed by atoms with Crippen molar-refractivity contribution >= 4 is 11.0 Å². The molecule has 102 valence electrons. The Morgan fingerprint density at radius 2 is 1.89 bits per heavy atom. The van der Waals surface area contributed by atoms with E-state index in [0.29, 0.717) is 13.2 Å². The minimum atomic E-state index is 0.606. The number of ether oxygens (including phenoxy) is 2. The van der Waals surface area contributed by atoms with Gasteiger partial charge in [-0.05, 0) is 19.4 Å². The summed E-state index contributed by atoms with van der Waals surface area (Å²) in [7, 11) is 0. The van der Waals surface area contributed by atoms with Crippen molar-refractivity contribution in [3.63, 3.8) is 0 Å². The van der Waals surface area contributed by atoms with Crippen molar-refractivity contribution in [3.8, 4) is 11.5 Å². The van der Waals surface area contributed by atoms with E-state index in [4.69, 9.17) is 15.2 Å². The molecule has 3 rings (SSSR count). The van der Waals surface area contributed by atoms with Crippen LogP contribution in [0.4, 0.5) is 0 Å². The minimum absolute atomic E-state index is 0.606. The van der Waals surface area contributed by atoms with Gasteiger partial charge in [0.1, 0.15) is 19.0 Å². The van der Waals surface area contributed by atoms with Crippen molar-refractivity contribution in [1.29, 1.82) is 0 Å². The number of aromatic amines is 1. The van der Waals surface area contributed by atoms with Crippen LogP contribution >= 0.6 is 0 Å². The number of hydrogen-bond donors (Lipinski definition) is 2. The zero-order valence-electron chi connectivity index (χ0n) is 10.9. The van der Waals surface area contributed by atoms with E-state index in [1.807, 2.05) is 12.1 Å². The molecule has 0 radical (unpaired) electrons. The van der Waals surface area contributed by atoms with E-state index < -0.39 is 0 Å². The molecule has 5 heteroatoms. The van der Waals surface area contributed by atoms with E-state index in [1.54, 1.807) is 0 Å². The van der Waals surface area contributed by atoms with Crippen LogP contribution in [0, 0.1) is 0 Å². The topological polar surface area (TPSA) is 73.2 Å². The van der Waals surface area contributed by atoms with Crippen LogP contribution in [0.2, 0.25) is 0 Å². The number of hydrogen-bond acceptors (Lipinski definition) is 4. The Morgan fingerprint density at radius 3 is 2.68 bits per heavy atom. The zero-order chi connectivity index (χ0) is 13.1. The van der Waals surface area contributed by atoms with Crippen LogP contribution in [0.5, 0.6) is 11.5 Å². The highest BCUT2D eigenvalue weighted by atomic mass is 16.6. The molecule has 0 spiro atoms. The third kappa shape index (κ3) is 2.66. The number of H-pyrrole nitrogens is 1. The van der Waals surface area contributed by atoms with E-state index >= 15 is 0 Å². The smallest absolute Gasteiger partial charge is 0.163 e. The van der Waals surface area contributed by atoms with E-state index in [-0.39, 0.29) is 0 Å². The molecule has 5 nitrogen and oxygen atoms in total. The summed E-state index contributed by atoms with van der Waals surface area (Å²) in [6.07, 6.45) is 4.30. The molecular formula is C14H19N3O2. The number of fused-ring (bicyclic) bond motifs is 2. The largest absolute Gasteiger partial charge is 0.486 e. The number of aromatic nitrogens is 2. The Hall–Kier alpha value is -1.75. The first kappa shape index (κ1) is 12.3. The first-order valence-electron chi connectivity index (χ1n) is 6.85. The third-order valence-corrected chi connectivity index (χ3v) is 3.31. The molecule has 0 amide bonds. The fourth-order valence-corrected chi connectivity index (χ4v) is 2.33. The van der Waals surface area contributed by atoms with Crippen LogP contribution in [0.1, 0.15) is 25.1 Å². The maximum absolute atomic E-state index is 5.57. The summed E-state index contributed by atoms with van der Waals surface area (Å²) in [6.45, 7) is 1.98. The molecule has 1 aromatic heterocycles. The van der Waals surface area contributed by atoms with Gasteiger partial charge in [-0.15, -0.1) is 0 Å². The Morgan fingerprint density at radius 1 is 1.11 bits per heavy atom. The molecule has 1 aliphatic heterocycles. The second kappa shape index (κ2) is 5.48. The first-order valence-corrected chi connectivity index (χ1v) is 6.85. The van der Waals surface area contributed by atoms with E-state index in [1.165, 1.54) is 0 Å². The van der Waals surface area contributed by atoms with Crippen LogP contribution in [-0.2, 0) is 6.42 Å². The predicted molar refractivity (Wildman–Crippen MR) is 73.7 cm³/mol. The van der Waals surface area contributed by atoms with Crippen LogP contribution in [-0.4, -0.2) is 29.7 Å². The van der Waals surface area contributed by atoms with E-state index in [0.717, 1.165) is 60.6 Å². The number of imidazole rings is 1. The fraction of sp³-hybridized carbons (Fsp3) is 0.500. The number of benzene rings is 1. The van der Waals surface area contributed by atoms with Gasteiger partial charge in [0.05, 0.1) is 11.0 Å². The number of unbranched alkanes of at least 4 members (excludes halogenated alkanes) is 2. The fourth-order valence-electron chi connectivity index (χ4n) is 2.33. The summed E-state index contributed by atoms with van der Waals surface area (Å²) in [4.78, 5) is 7.94. The van der Waals surface area contributed by atoms with Crippen LogP contribution in [0.15, 0.2) is 12.1 Å². The molecule has 0 saturated carbocycles. The number of rotatable bonds is 5. The number of nitrogens with two attached hydrogens (primary N) is 1. The van der Waals surface area contributed by atoms with Gasteiger partial charge in [-0.25, -0.2) is 4.98 Å². The van der Waals surface area contributed by atoms with Crippen LogP contribution < -0.4 is 15.2 Å². The lowest BCUT2D eigenvalue weighted by Crippen LogP contribution is -2.15. The highest BCUT2D eigenvalue weighted by molar-refractivity contribution is 5.79. The van der Waals surface area contributed by atoms with Crippen molar-refractivity contribution in [2.45, 2.75) is 25.7 Å². The maximum atomic E-state index is 5.57. The lowest BCUT2D eigenvalue weighted by atomic mass is 10.2. The van der Waals surface area contributed by atoms with Crippen molar-refractivity contribution in [1.82, 2.24) is 9.97 Å². The lowest BCUT2D eigenvalue weighted by molar-refractivity contribution is 0.172. The van der Waals surface area contributed by atoms with Gasteiger partial charge in [-0.1, -0.05) is 6.42 Å². The Balaban J connectivity index is 1.76. The highest BCUT2D eigenvalue weighted by Gasteiger charge is 2.14. The lowest BCUT2D eigenvalue weighted by Gasteiger charge is -2.17. The van der Waals surface area contributed by atoms with Crippen LogP contribution in [0.3, 0.4) is 0 Å². The Labute approximate surface area is 112 Å². The molecule has 0 unspecified atom stereocenters. The monoisotopic (exact) mass is 261 g/mol.